The first-order chi connectivity index (χ1) is 13.5. The number of piperidine rings is 1. The van der Waals surface area contributed by atoms with Crippen molar-refractivity contribution in [1.82, 2.24) is 4.31 Å². The van der Waals surface area contributed by atoms with E-state index in [0.717, 1.165) is 0 Å². The summed E-state index contributed by atoms with van der Waals surface area (Å²) in [6, 6.07) is 15.2. The van der Waals surface area contributed by atoms with E-state index in [2.05, 4.69) is 5.32 Å². The first-order valence-electron chi connectivity index (χ1n) is 8.90. The van der Waals surface area contributed by atoms with Crippen LogP contribution < -0.4 is 10.1 Å². The van der Waals surface area contributed by atoms with Crippen molar-refractivity contribution in [2.75, 3.05) is 25.5 Å². The van der Waals surface area contributed by atoms with Crippen LogP contribution in [0.3, 0.4) is 0 Å². The molecule has 2 aromatic rings. The van der Waals surface area contributed by atoms with Gasteiger partial charge in [-0.25, -0.2) is 8.42 Å². The molecule has 0 atom stereocenters. The fourth-order valence-corrected chi connectivity index (χ4v) is 4.88. The van der Waals surface area contributed by atoms with Crippen molar-refractivity contribution in [2.24, 2.45) is 5.92 Å². The molecule has 28 heavy (non-hydrogen) atoms. The molecule has 0 saturated carbocycles. The van der Waals surface area contributed by atoms with E-state index in [1.807, 2.05) is 12.1 Å². The van der Waals surface area contributed by atoms with E-state index in [-0.39, 0.29) is 35.4 Å². The van der Waals surface area contributed by atoms with Crippen molar-refractivity contribution in [2.45, 2.75) is 17.7 Å². The zero-order valence-electron chi connectivity index (χ0n) is 15.5. The predicted octanol–water partition coefficient (Wildman–Crippen LogP) is 2.61. The lowest BCUT2D eigenvalue weighted by Crippen LogP contribution is -2.41. The van der Waals surface area contributed by atoms with Gasteiger partial charge in [-0.2, -0.15) is 9.57 Å². The van der Waals surface area contributed by atoms with Crippen molar-refractivity contribution >= 4 is 21.6 Å². The summed E-state index contributed by atoms with van der Waals surface area (Å²) >= 11 is 0. The number of hydrogen-bond donors (Lipinski definition) is 1. The van der Waals surface area contributed by atoms with Gasteiger partial charge in [0.05, 0.1) is 23.3 Å². The fourth-order valence-electron chi connectivity index (χ4n) is 3.26. The van der Waals surface area contributed by atoms with Crippen LogP contribution >= 0.6 is 0 Å². The molecule has 7 nitrogen and oxygen atoms in total. The first kappa shape index (κ1) is 19.9. The smallest absolute Gasteiger partial charge is 0.244 e. The van der Waals surface area contributed by atoms with E-state index in [9.17, 15) is 18.5 Å². The predicted molar refractivity (Wildman–Crippen MR) is 104 cm³/mol. The summed E-state index contributed by atoms with van der Waals surface area (Å²) in [5.41, 5.74) is 0.714. The highest BCUT2D eigenvalue weighted by atomic mass is 32.2. The molecule has 8 heteroatoms. The molecule has 0 radical (unpaired) electrons. The third-order valence-corrected chi connectivity index (χ3v) is 6.77. The molecule has 1 aliphatic rings. The number of nitriles is 1. The average molecular weight is 399 g/mol. The lowest BCUT2D eigenvalue weighted by molar-refractivity contribution is -0.120. The molecule has 0 aromatic heterocycles. The average Bonchev–Trinajstić information content (AvgIpc) is 2.74. The van der Waals surface area contributed by atoms with Gasteiger partial charge < -0.3 is 10.1 Å². The molecule has 1 fully saturated rings. The number of carbonyl (C=O) groups excluding carboxylic acids is 1. The van der Waals surface area contributed by atoms with Crippen LogP contribution in [0.5, 0.6) is 5.75 Å². The van der Waals surface area contributed by atoms with Gasteiger partial charge in [0, 0.05) is 19.0 Å². The van der Waals surface area contributed by atoms with Crippen molar-refractivity contribution in [3.05, 3.63) is 54.1 Å². The molecule has 1 saturated heterocycles. The molecular formula is C20H21N3O4S. The zero-order chi connectivity index (χ0) is 20.1. The second kappa shape index (κ2) is 8.42. The van der Waals surface area contributed by atoms with E-state index in [1.54, 1.807) is 30.3 Å². The van der Waals surface area contributed by atoms with Gasteiger partial charge in [-0.1, -0.05) is 24.3 Å². The Balaban J connectivity index is 1.67. The van der Waals surface area contributed by atoms with Gasteiger partial charge in [0.1, 0.15) is 11.8 Å². The number of hydrogen-bond acceptors (Lipinski definition) is 5. The highest BCUT2D eigenvalue weighted by Crippen LogP contribution is 2.28. The van der Waals surface area contributed by atoms with Gasteiger partial charge in [-0.3, -0.25) is 4.79 Å². The van der Waals surface area contributed by atoms with Crippen molar-refractivity contribution in [1.29, 1.82) is 5.26 Å². The van der Waals surface area contributed by atoms with Crippen LogP contribution in [0.2, 0.25) is 0 Å². The molecule has 1 N–H and O–H groups in total. The second-order valence-corrected chi connectivity index (χ2v) is 8.38. The number of nitrogens with one attached hydrogen (secondary N) is 1. The van der Waals surface area contributed by atoms with E-state index < -0.39 is 10.0 Å². The number of ether oxygens (including phenoxy) is 1. The molecule has 1 heterocycles. The van der Waals surface area contributed by atoms with Gasteiger partial charge in [0.25, 0.3) is 0 Å². The molecule has 0 bridgehead atoms. The SMILES string of the molecule is COc1ccccc1NC(=O)C1CCN(S(=O)(=O)c2ccccc2C#N)CC1. The van der Waals surface area contributed by atoms with Crippen LogP contribution in [-0.2, 0) is 14.8 Å². The summed E-state index contributed by atoms with van der Waals surface area (Å²) in [5.74, 6) is 0.130. The molecular weight excluding hydrogens is 378 g/mol. The number of para-hydroxylation sites is 2. The summed E-state index contributed by atoms with van der Waals surface area (Å²) in [6.45, 7) is 0.457. The molecule has 146 valence electrons. The Morgan fingerprint density at radius 2 is 1.79 bits per heavy atom. The minimum Gasteiger partial charge on any atom is -0.495 e. The minimum absolute atomic E-state index is 0.00873. The number of sulfonamides is 1. The quantitative estimate of drug-likeness (QED) is 0.833. The second-order valence-electron chi connectivity index (χ2n) is 6.48. The molecule has 1 amide bonds. The van der Waals surface area contributed by atoms with Crippen molar-refractivity contribution in [3.8, 4) is 11.8 Å². The maximum absolute atomic E-state index is 12.9. The van der Waals surface area contributed by atoms with Crippen molar-refractivity contribution in [3.63, 3.8) is 0 Å². The summed E-state index contributed by atoms with van der Waals surface area (Å²) in [6.07, 6.45) is 0.823. The van der Waals surface area contributed by atoms with E-state index in [4.69, 9.17) is 4.74 Å². The van der Waals surface area contributed by atoms with Crippen LogP contribution in [0.1, 0.15) is 18.4 Å². The van der Waals surface area contributed by atoms with Crippen LogP contribution in [-0.4, -0.2) is 38.8 Å². The minimum atomic E-state index is -3.76. The lowest BCUT2D eigenvalue weighted by Gasteiger charge is -2.30. The molecule has 3 rings (SSSR count). The Kier molecular flexibility index (Phi) is 5.97. The highest BCUT2D eigenvalue weighted by Gasteiger charge is 2.33. The molecule has 0 spiro atoms. The van der Waals surface area contributed by atoms with Crippen LogP contribution in [0.15, 0.2) is 53.4 Å². The Morgan fingerprint density at radius 3 is 2.46 bits per heavy atom. The number of nitrogens with zero attached hydrogens (tertiary/aromatic N) is 2. The monoisotopic (exact) mass is 399 g/mol. The fraction of sp³-hybridized carbons (Fsp3) is 0.300. The van der Waals surface area contributed by atoms with Gasteiger partial charge in [0.15, 0.2) is 0 Å². The number of rotatable bonds is 5. The maximum Gasteiger partial charge on any atom is 0.244 e. The molecule has 0 unspecified atom stereocenters. The molecule has 2 aromatic carbocycles. The Labute approximate surface area is 164 Å². The van der Waals surface area contributed by atoms with Crippen LogP contribution in [0.4, 0.5) is 5.69 Å². The number of benzene rings is 2. The van der Waals surface area contributed by atoms with Crippen molar-refractivity contribution < 1.29 is 17.9 Å². The Hall–Kier alpha value is -2.89. The standard InChI is InChI=1S/C20H21N3O4S/c1-27-18-8-4-3-7-17(18)22-20(24)15-10-12-23(13-11-15)28(25,26)19-9-5-2-6-16(19)14-21/h2-9,15H,10-13H2,1H3,(H,22,24). The lowest BCUT2D eigenvalue weighted by atomic mass is 9.97. The zero-order valence-corrected chi connectivity index (χ0v) is 16.3. The summed E-state index contributed by atoms with van der Waals surface area (Å²) in [5, 5.41) is 12.0. The third-order valence-electron chi connectivity index (χ3n) is 4.81. The van der Waals surface area contributed by atoms with Crippen LogP contribution in [0.25, 0.3) is 0 Å². The number of carbonyl (C=O) groups is 1. The van der Waals surface area contributed by atoms with E-state index in [1.165, 1.54) is 23.5 Å². The largest absolute Gasteiger partial charge is 0.495 e. The number of anilines is 1. The van der Waals surface area contributed by atoms with Gasteiger partial charge in [-0.15, -0.1) is 0 Å². The molecule has 1 aliphatic heterocycles. The molecule has 0 aliphatic carbocycles. The van der Waals surface area contributed by atoms with E-state index in [0.29, 0.717) is 24.3 Å². The number of methoxy groups -OCH3 is 1. The third kappa shape index (κ3) is 4.01. The normalized spacial score (nSPS) is 15.6. The number of amides is 1. The van der Waals surface area contributed by atoms with E-state index >= 15 is 0 Å². The van der Waals surface area contributed by atoms with Gasteiger partial charge in [0.2, 0.25) is 15.9 Å². The summed E-state index contributed by atoms with van der Waals surface area (Å²) in [7, 11) is -2.23. The van der Waals surface area contributed by atoms with Crippen LogP contribution in [0, 0.1) is 17.2 Å². The topological polar surface area (TPSA) is 99.5 Å². The van der Waals surface area contributed by atoms with Gasteiger partial charge >= 0.3 is 0 Å². The summed E-state index contributed by atoms with van der Waals surface area (Å²) in [4.78, 5) is 12.6. The maximum atomic E-state index is 12.9. The summed E-state index contributed by atoms with van der Waals surface area (Å²) < 4.78 is 32.3. The Bertz CT molecular complexity index is 1010. The first-order valence-corrected chi connectivity index (χ1v) is 10.3. The van der Waals surface area contributed by atoms with Gasteiger partial charge in [-0.05, 0) is 37.1 Å². The highest BCUT2D eigenvalue weighted by molar-refractivity contribution is 7.89. The Morgan fingerprint density at radius 1 is 1.14 bits per heavy atom.